The summed E-state index contributed by atoms with van der Waals surface area (Å²) in [6.07, 6.45) is 0.509. The minimum absolute atomic E-state index is 0.000458. The summed E-state index contributed by atoms with van der Waals surface area (Å²) in [6.45, 7) is -0.000458. The second-order valence-electron chi connectivity index (χ2n) is 8.21. The van der Waals surface area contributed by atoms with Crippen LogP contribution in [0.3, 0.4) is 0 Å². The van der Waals surface area contributed by atoms with Crippen molar-refractivity contribution in [2.24, 2.45) is 0 Å². The Balaban J connectivity index is 1.74. The first-order chi connectivity index (χ1) is 15.6. The van der Waals surface area contributed by atoms with Gasteiger partial charge in [0.05, 0.1) is 11.1 Å². The Hall–Kier alpha value is -3.77. The zero-order valence-electron chi connectivity index (χ0n) is 17.3. The SMILES string of the molecule is O=c1[nH]c2ccccc2c(O)c1C(c1ccc(O)cc1)C1Nc2ccccc2C1CCO. The molecule has 0 bridgehead atoms. The highest BCUT2D eigenvalue weighted by Crippen LogP contribution is 2.47. The van der Waals surface area contributed by atoms with Crippen LogP contribution in [0, 0.1) is 0 Å². The minimum atomic E-state index is -0.520. The highest BCUT2D eigenvalue weighted by Gasteiger charge is 2.40. The van der Waals surface area contributed by atoms with Crippen LogP contribution in [0.2, 0.25) is 0 Å². The van der Waals surface area contributed by atoms with Gasteiger partial charge in [-0.3, -0.25) is 4.79 Å². The number of benzene rings is 3. The summed E-state index contributed by atoms with van der Waals surface area (Å²) in [5, 5.41) is 35.0. The average molecular weight is 428 g/mol. The molecule has 1 aliphatic heterocycles. The molecule has 0 radical (unpaired) electrons. The van der Waals surface area contributed by atoms with Gasteiger partial charge in [-0.05, 0) is 47.9 Å². The van der Waals surface area contributed by atoms with E-state index in [1.807, 2.05) is 30.3 Å². The van der Waals surface area contributed by atoms with Gasteiger partial charge >= 0.3 is 0 Å². The van der Waals surface area contributed by atoms with Crippen LogP contribution in [-0.2, 0) is 0 Å². The van der Waals surface area contributed by atoms with Crippen molar-refractivity contribution >= 4 is 16.6 Å². The van der Waals surface area contributed by atoms with Crippen LogP contribution in [0.5, 0.6) is 11.5 Å². The van der Waals surface area contributed by atoms with Crippen molar-refractivity contribution in [3.8, 4) is 11.5 Å². The number of fused-ring (bicyclic) bond motifs is 2. The Labute approximate surface area is 184 Å². The third-order valence-electron chi connectivity index (χ3n) is 6.41. The lowest BCUT2D eigenvalue weighted by atomic mass is 9.77. The Morgan fingerprint density at radius 3 is 2.41 bits per heavy atom. The fourth-order valence-corrected chi connectivity index (χ4v) is 4.98. The van der Waals surface area contributed by atoms with Crippen LogP contribution in [0.15, 0.2) is 77.6 Å². The maximum atomic E-state index is 13.3. The van der Waals surface area contributed by atoms with Crippen molar-refractivity contribution in [2.45, 2.75) is 24.3 Å². The lowest BCUT2D eigenvalue weighted by molar-refractivity contribution is 0.269. The number of phenolic OH excluding ortho intramolecular Hbond substituents is 1. The fourth-order valence-electron chi connectivity index (χ4n) is 4.98. The number of H-pyrrole nitrogens is 1. The molecule has 32 heavy (non-hydrogen) atoms. The van der Waals surface area contributed by atoms with Gasteiger partial charge in [-0.25, -0.2) is 0 Å². The van der Waals surface area contributed by atoms with E-state index in [2.05, 4.69) is 10.3 Å². The molecule has 1 aromatic heterocycles. The van der Waals surface area contributed by atoms with Crippen molar-refractivity contribution in [3.63, 3.8) is 0 Å². The summed E-state index contributed by atoms with van der Waals surface area (Å²) in [4.78, 5) is 16.2. The smallest absolute Gasteiger partial charge is 0.256 e. The maximum absolute atomic E-state index is 13.3. The fraction of sp³-hybridized carbons (Fsp3) is 0.192. The van der Waals surface area contributed by atoms with E-state index in [0.29, 0.717) is 17.3 Å². The Bertz CT molecular complexity index is 1330. The van der Waals surface area contributed by atoms with E-state index in [4.69, 9.17) is 0 Å². The number of aromatic amines is 1. The van der Waals surface area contributed by atoms with Crippen molar-refractivity contribution in [1.29, 1.82) is 0 Å². The Kier molecular flexibility index (Phi) is 5.07. The van der Waals surface area contributed by atoms with Gasteiger partial charge in [0.1, 0.15) is 11.5 Å². The highest BCUT2D eigenvalue weighted by atomic mass is 16.3. The summed E-state index contributed by atoms with van der Waals surface area (Å²) >= 11 is 0. The van der Waals surface area contributed by atoms with Crippen molar-refractivity contribution in [2.75, 3.05) is 11.9 Å². The lowest BCUT2D eigenvalue weighted by Gasteiger charge is -2.30. The molecule has 6 nitrogen and oxygen atoms in total. The van der Waals surface area contributed by atoms with Gasteiger partial charge in [0.15, 0.2) is 0 Å². The van der Waals surface area contributed by atoms with E-state index in [9.17, 15) is 20.1 Å². The van der Waals surface area contributed by atoms with Gasteiger partial charge in [-0.15, -0.1) is 0 Å². The molecular weight excluding hydrogens is 404 g/mol. The van der Waals surface area contributed by atoms with E-state index in [-0.39, 0.29) is 41.2 Å². The predicted molar refractivity (Wildman–Crippen MR) is 124 cm³/mol. The molecule has 5 rings (SSSR count). The Morgan fingerprint density at radius 1 is 0.906 bits per heavy atom. The number of para-hydroxylation sites is 2. The number of rotatable bonds is 5. The predicted octanol–water partition coefficient (Wildman–Crippen LogP) is 4.03. The summed E-state index contributed by atoms with van der Waals surface area (Å²) in [6, 6.07) is 21.5. The second-order valence-corrected chi connectivity index (χ2v) is 8.21. The third-order valence-corrected chi connectivity index (χ3v) is 6.41. The van der Waals surface area contributed by atoms with Crippen molar-refractivity contribution in [3.05, 3.63) is 99.8 Å². The number of anilines is 1. The summed E-state index contributed by atoms with van der Waals surface area (Å²) in [5.41, 5.74) is 3.29. The van der Waals surface area contributed by atoms with Crippen LogP contribution in [0.1, 0.15) is 34.9 Å². The number of aromatic hydroxyl groups is 2. The van der Waals surface area contributed by atoms with Gasteiger partial charge in [0.2, 0.25) is 0 Å². The quantitative estimate of drug-likeness (QED) is 0.330. The molecule has 1 aliphatic rings. The molecule has 3 unspecified atom stereocenters. The lowest BCUT2D eigenvalue weighted by Crippen LogP contribution is -2.33. The Morgan fingerprint density at radius 2 is 1.62 bits per heavy atom. The van der Waals surface area contributed by atoms with Gasteiger partial charge in [0.25, 0.3) is 5.56 Å². The number of pyridine rings is 1. The number of hydrogen-bond acceptors (Lipinski definition) is 5. The van der Waals surface area contributed by atoms with Crippen molar-refractivity contribution < 1.29 is 15.3 Å². The van der Waals surface area contributed by atoms with E-state index in [0.717, 1.165) is 16.8 Å². The van der Waals surface area contributed by atoms with Crippen LogP contribution < -0.4 is 10.9 Å². The molecule has 0 amide bonds. The number of aliphatic hydroxyl groups excluding tert-OH is 1. The molecule has 2 heterocycles. The second kappa shape index (κ2) is 8.05. The molecule has 0 saturated heterocycles. The molecule has 0 fully saturated rings. The molecule has 3 aromatic carbocycles. The van der Waals surface area contributed by atoms with E-state index in [1.165, 1.54) is 0 Å². The topological polar surface area (TPSA) is 106 Å². The normalized spacial score (nSPS) is 18.3. The van der Waals surface area contributed by atoms with E-state index >= 15 is 0 Å². The molecule has 5 N–H and O–H groups in total. The third kappa shape index (κ3) is 3.29. The van der Waals surface area contributed by atoms with Crippen LogP contribution in [0.4, 0.5) is 5.69 Å². The summed E-state index contributed by atoms with van der Waals surface area (Å²) < 4.78 is 0. The average Bonchev–Trinajstić information content (AvgIpc) is 3.16. The monoisotopic (exact) mass is 428 g/mol. The minimum Gasteiger partial charge on any atom is -0.508 e. The van der Waals surface area contributed by atoms with Crippen molar-refractivity contribution in [1.82, 2.24) is 4.98 Å². The summed E-state index contributed by atoms with van der Waals surface area (Å²) in [5.74, 6) is -0.519. The largest absolute Gasteiger partial charge is 0.508 e. The van der Waals surface area contributed by atoms with Crippen LogP contribution in [0.25, 0.3) is 10.9 Å². The molecule has 6 heteroatoms. The molecular formula is C26H24N2O4. The molecule has 3 atom stereocenters. The van der Waals surface area contributed by atoms with Crippen LogP contribution in [-0.4, -0.2) is 33.0 Å². The molecule has 0 aliphatic carbocycles. The number of hydrogen-bond donors (Lipinski definition) is 5. The first kappa shape index (κ1) is 20.2. The first-order valence-corrected chi connectivity index (χ1v) is 10.7. The molecule has 0 spiro atoms. The van der Waals surface area contributed by atoms with Gasteiger partial charge in [-0.1, -0.05) is 42.5 Å². The van der Waals surface area contributed by atoms with E-state index < -0.39 is 5.92 Å². The summed E-state index contributed by atoms with van der Waals surface area (Å²) in [7, 11) is 0. The zero-order chi connectivity index (χ0) is 22.2. The van der Waals surface area contributed by atoms with Gasteiger partial charge in [0, 0.05) is 35.6 Å². The standard InChI is InChI=1S/C26H24N2O4/c29-14-13-18-17-5-1-3-7-20(17)27-24(18)22(15-9-11-16(30)12-10-15)23-25(31)19-6-2-4-8-21(19)28-26(23)32/h1-12,18,22,24,27,29-30H,13-14H2,(H2,28,31,32). The number of phenols is 1. The molecule has 4 aromatic rings. The highest BCUT2D eigenvalue weighted by molar-refractivity contribution is 5.86. The number of aromatic nitrogens is 1. The number of nitrogens with one attached hydrogen (secondary N) is 2. The maximum Gasteiger partial charge on any atom is 0.256 e. The number of aliphatic hydroxyl groups is 1. The zero-order valence-corrected chi connectivity index (χ0v) is 17.3. The molecule has 162 valence electrons. The van der Waals surface area contributed by atoms with Crippen LogP contribution >= 0.6 is 0 Å². The van der Waals surface area contributed by atoms with E-state index in [1.54, 1.807) is 42.5 Å². The van der Waals surface area contributed by atoms with Gasteiger partial charge < -0.3 is 25.6 Å². The molecule has 0 saturated carbocycles. The van der Waals surface area contributed by atoms with Gasteiger partial charge in [-0.2, -0.15) is 0 Å². The first-order valence-electron chi connectivity index (χ1n) is 10.7.